The number of anilines is 1. The smallest absolute Gasteiger partial charge is 0.254 e. The molecular weight excluding hydrogens is 206 g/mol. The number of rotatable bonds is 3. The van der Waals surface area contributed by atoms with Gasteiger partial charge in [0.2, 0.25) is 5.91 Å². The van der Waals surface area contributed by atoms with Crippen LogP contribution in [-0.2, 0) is 4.79 Å². The highest BCUT2D eigenvalue weighted by Crippen LogP contribution is 2.08. The van der Waals surface area contributed by atoms with Crippen LogP contribution in [0.2, 0.25) is 0 Å². The Morgan fingerprint density at radius 2 is 2.12 bits per heavy atom. The molecule has 0 spiro atoms. The van der Waals surface area contributed by atoms with Crippen molar-refractivity contribution in [1.82, 2.24) is 10.2 Å². The van der Waals surface area contributed by atoms with Crippen molar-refractivity contribution in [3.63, 3.8) is 0 Å². The van der Waals surface area contributed by atoms with Gasteiger partial charge in [0.25, 0.3) is 5.91 Å². The van der Waals surface area contributed by atoms with Gasteiger partial charge in [-0.1, -0.05) is 6.07 Å². The molecule has 0 radical (unpaired) electrons. The largest absolute Gasteiger partial charge is 0.399 e. The van der Waals surface area contributed by atoms with Gasteiger partial charge in [0.05, 0.1) is 6.54 Å². The fraction of sp³-hybridized carbons (Fsp3) is 0.273. The molecule has 0 unspecified atom stereocenters. The van der Waals surface area contributed by atoms with E-state index in [4.69, 9.17) is 5.73 Å². The van der Waals surface area contributed by atoms with Crippen molar-refractivity contribution in [2.75, 3.05) is 26.4 Å². The zero-order chi connectivity index (χ0) is 12.1. The molecule has 1 aromatic rings. The Morgan fingerprint density at radius 3 is 2.69 bits per heavy atom. The van der Waals surface area contributed by atoms with Crippen LogP contribution in [0.25, 0.3) is 0 Å². The molecule has 0 saturated carbocycles. The van der Waals surface area contributed by atoms with Crippen molar-refractivity contribution >= 4 is 17.5 Å². The Morgan fingerprint density at radius 1 is 1.44 bits per heavy atom. The van der Waals surface area contributed by atoms with E-state index in [1.807, 2.05) is 0 Å². The summed E-state index contributed by atoms with van der Waals surface area (Å²) < 4.78 is 0. The number of carbonyl (C=O) groups is 2. The van der Waals surface area contributed by atoms with Gasteiger partial charge in [-0.2, -0.15) is 0 Å². The van der Waals surface area contributed by atoms with Gasteiger partial charge >= 0.3 is 0 Å². The number of nitrogens with one attached hydrogen (secondary N) is 1. The molecular formula is C11H15N3O2. The number of carbonyl (C=O) groups excluding carboxylic acids is 2. The Kier molecular flexibility index (Phi) is 3.88. The number of likely N-dealkylation sites (N-methyl/N-ethyl adjacent to an activating group) is 2. The SMILES string of the molecule is CNC(=O)CN(C)C(=O)c1cccc(N)c1. The summed E-state index contributed by atoms with van der Waals surface area (Å²) in [5.41, 5.74) is 6.58. The molecule has 5 nitrogen and oxygen atoms in total. The molecule has 3 N–H and O–H groups in total. The molecule has 0 aliphatic heterocycles. The first-order valence-electron chi connectivity index (χ1n) is 4.86. The Bertz CT molecular complexity index is 404. The Hall–Kier alpha value is -2.04. The van der Waals surface area contributed by atoms with Gasteiger partial charge in [-0.15, -0.1) is 0 Å². The van der Waals surface area contributed by atoms with Gasteiger partial charge in [-0.05, 0) is 18.2 Å². The van der Waals surface area contributed by atoms with Crippen molar-refractivity contribution < 1.29 is 9.59 Å². The molecule has 86 valence electrons. The summed E-state index contributed by atoms with van der Waals surface area (Å²) in [6.07, 6.45) is 0. The van der Waals surface area contributed by atoms with Gasteiger partial charge in [-0.3, -0.25) is 9.59 Å². The molecule has 16 heavy (non-hydrogen) atoms. The summed E-state index contributed by atoms with van der Waals surface area (Å²) in [6.45, 7) is 0.0319. The minimum atomic E-state index is -0.226. The number of amides is 2. The van der Waals surface area contributed by atoms with E-state index in [0.29, 0.717) is 11.3 Å². The zero-order valence-corrected chi connectivity index (χ0v) is 9.36. The van der Waals surface area contributed by atoms with Crippen molar-refractivity contribution in [2.24, 2.45) is 0 Å². The van der Waals surface area contributed by atoms with Crippen LogP contribution in [-0.4, -0.2) is 37.4 Å². The van der Waals surface area contributed by atoms with Crippen molar-refractivity contribution in [3.8, 4) is 0 Å². The molecule has 0 aliphatic carbocycles. The van der Waals surface area contributed by atoms with E-state index in [-0.39, 0.29) is 18.4 Å². The molecule has 1 rings (SSSR count). The van der Waals surface area contributed by atoms with Crippen LogP contribution in [0, 0.1) is 0 Å². The lowest BCUT2D eigenvalue weighted by Crippen LogP contribution is -2.36. The van der Waals surface area contributed by atoms with E-state index in [1.54, 1.807) is 31.3 Å². The van der Waals surface area contributed by atoms with Gasteiger partial charge in [-0.25, -0.2) is 0 Å². The third kappa shape index (κ3) is 2.98. The van der Waals surface area contributed by atoms with Crippen LogP contribution < -0.4 is 11.1 Å². The average Bonchev–Trinajstić information content (AvgIpc) is 2.27. The topological polar surface area (TPSA) is 75.4 Å². The summed E-state index contributed by atoms with van der Waals surface area (Å²) in [4.78, 5) is 24.3. The number of hydrogen-bond acceptors (Lipinski definition) is 3. The number of nitrogens with two attached hydrogens (primary N) is 1. The van der Waals surface area contributed by atoms with Crippen LogP contribution in [0.5, 0.6) is 0 Å². The molecule has 5 heteroatoms. The fourth-order valence-electron chi connectivity index (χ4n) is 1.26. The highest BCUT2D eigenvalue weighted by Gasteiger charge is 2.13. The third-order valence-electron chi connectivity index (χ3n) is 2.14. The fourth-order valence-corrected chi connectivity index (χ4v) is 1.26. The van der Waals surface area contributed by atoms with E-state index < -0.39 is 0 Å². The van der Waals surface area contributed by atoms with E-state index in [9.17, 15) is 9.59 Å². The Labute approximate surface area is 94.2 Å². The average molecular weight is 221 g/mol. The first-order valence-corrected chi connectivity index (χ1v) is 4.86. The van der Waals surface area contributed by atoms with Gasteiger partial charge in [0.1, 0.15) is 0 Å². The number of nitrogens with zero attached hydrogens (tertiary/aromatic N) is 1. The second-order valence-electron chi connectivity index (χ2n) is 3.46. The van der Waals surface area contributed by atoms with E-state index in [0.717, 1.165) is 0 Å². The molecule has 0 heterocycles. The Balaban J connectivity index is 2.74. The second-order valence-corrected chi connectivity index (χ2v) is 3.46. The van der Waals surface area contributed by atoms with Gasteiger partial charge in [0.15, 0.2) is 0 Å². The lowest BCUT2D eigenvalue weighted by molar-refractivity contribution is -0.121. The predicted octanol–water partition coefficient (Wildman–Crippen LogP) is 0.0868. The van der Waals surface area contributed by atoms with Crippen molar-refractivity contribution in [2.45, 2.75) is 0 Å². The van der Waals surface area contributed by atoms with Gasteiger partial charge in [0, 0.05) is 25.3 Å². The highest BCUT2D eigenvalue weighted by atomic mass is 16.2. The van der Waals surface area contributed by atoms with Crippen molar-refractivity contribution in [1.29, 1.82) is 0 Å². The summed E-state index contributed by atoms with van der Waals surface area (Å²) in [7, 11) is 3.10. The minimum absolute atomic E-state index is 0.0319. The van der Waals surface area contributed by atoms with Gasteiger partial charge < -0.3 is 16.0 Å². The molecule has 0 aromatic heterocycles. The maximum Gasteiger partial charge on any atom is 0.254 e. The molecule has 2 amide bonds. The van der Waals surface area contributed by atoms with Crippen LogP contribution in [0.1, 0.15) is 10.4 Å². The van der Waals surface area contributed by atoms with Crippen molar-refractivity contribution in [3.05, 3.63) is 29.8 Å². The molecule has 0 fully saturated rings. The lowest BCUT2D eigenvalue weighted by atomic mass is 10.2. The molecule has 1 aromatic carbocycles. The zero-order valence-electron chi connectivity index (χ0n) is 9.36. The van der Waals surface area contributed by atoms with Crippen LogP contribution in [0.3, 0.4) is 0 Å². The normalized spacial score (nSPS) is 9.62. The molecule has 0 aliphatic rings. The number of hydrogen-bond donors (Lipinski definition) is 2. The third-order valence-corrected chi connectivity index (χ3v) is 2.14. The quantitative estimate of drug-likeness (QED) is 0.710. The van der Waals surface area contributed by atoms with Crippen LogP contribution in [0.15, 0.2) is 24.3 Å². The van der Waals surface area contributed by atoms with E-state index in [2.05, 4.69) is 5.32 Å². The summed E-state index contributed by atoms with van der Waals surface area (Å²) >= 11 is 0. The van der Waals surface area contributed by atoms with E-state index >= 15 is 0 Å². The first kappa shape index (κ1) is 12.0. The first-order chi connectivity index (χ1) is 7.54. The maximum atomic E-state index is 11.8. The lowest BCUT2D eigenvalue weighted by Gasteiger charge is -2.16. The molecule has 0 bridgehead atoms. The van der Waals surface area contributed by atoms with Crippen LogP contribution in [0.4, 0.5) is 5.69 Å². The standard InChI is InChI=1S/C11H15N3O2/c1-13-10(15)7-14(2)11(16)8-4-3-5-9(12)6-8/h3-6H,7,12H2,1-2H3,(H,13,15). The molecule has 0 atom stereocenters. The minimum Gasteiger partial charge on any atom is -0.399 e. The summed E-state index contributed by atoms with van der Waals surface area (Å²) in [5, 5.41) is 2.46. The molecule has 0 saturated heterocycles. The number of benzene rings is 1. The van der Waals surface area contributed by atoms with E-state index in [1.165, 1.54) is 11.9 Å². The number of nitrogen functional groups attached to an aromatic ring is 1. The predicted molar refractivity (Wildman–Crippen MR) is 61.9 cm³/mol. The van der Waals surface area contributed by atoms with Crippen LogP contribution >= 0.6 is 0 Å². The summed E-state index contributed by atoms with van der Waals surface area (Å²) in [6, 6.07) is 6.66. The monoisotopic (exact) mass is 221 g/mol. The second kappa shape index (κ2) is 5.16. The summed E-state index contributed by atoms with van der Waals surface area (Å²) in [5.74, 6) is -0.435. The maximum absolute atomic E-state index is 11.8. The highest BCUT2D eigenvalue weighted by molar-refractivity contribution is 5.96.